The standard InChI is InChI=1S/C27H25N3O4S/c1-3-17(2)18-12-14-19(15-13-18)30-25(32)20-8-4-6-10-22(20)29-27(30)35-16-24(31)28-23-11-7-5-9-21(23)26(33)34/h4-15,17H,3,16H2,1-2H3,(H,28,31)(H,33,34)/t17-/m1/s1. The lowest BCUT2D eigenvalue weighted by Gasteiger charge is -2.15. The molecule has 0 aliphatic rings. The zero-order valence-electron chi connectivity index (χ0n) is 19.4. The molecule has 1 amide bonds. The van der Waals surface area contributed by atoms with Crippen molar-refractivity contribution in [1.82, 2.24) is 9.55 Å². The van der Waals surface area contributed by atoms with Crippen LogP contribution >= 0.6 is 11.8 Å². The minimum Gasteiger partial charge on any atom is -0.478 e. The zero-order chi connectivity index (χ0) is 24.9. The van der Waals surface area contributed by atoms with Gasteiger partial charge in [0.2, 0.25) is 5.91 Å². The van der Waals surface area contributed by atoms with Crippen LogP contribution in [0.3, 0.4) is 0 Å². The second kappa shape index (κ2) is 10.6. The molecule has 1 atom stereocenters. The summed E-state index contributed by atoms with van der Waals surface area (Å²) in [5, 5.41) is 12.9. The number of carboxylic acids is 1. The molecule has 0 fully saturated rings. The van der Waals surface area contributed by atoms with Gasteiger partial charge in [0.15, 0.2) is 5.16 Å². The summed E-state index contributed by atoms with van der Waals surface area (Å²) < 4.78 is 1.52. The third kappa shape index (κ3) is 5.27. The number of thioether (sulfide) groups is 1. The summed E-state index contributed by atoms with van der Waals surface area (Å²) in [6, 6.07) is 21.1. The molecule has 4 rings (SSSR count). The number of nitrogens with zero attached hydrogens (tertiary/aromatic N) is 2. The Hall–Kier alpha value is -3.91. The summed E-state index contributed by atoms with van der Waals surface area (Å²) in [6.07, 6.45) is 1.01. The molecule has 0 bridgehead atoms. The quantitative estimate of drug-likeness (QED) is 0.257. The number of nitrogens with one attached hydrogen (secondary N) is 1. The highest BCUT2D eigenvalue weighted by molar-refractivity contribution is 7.99. The number of carbonyl (C=O) groups excluding carboxylic acids is 1. The van der Waals surface area contributed by atoms with Gasteiger partial charge < -0.3 is 10.4 Å². The third-order valence-electron chi connectivity index (χ3n) is 5.84. The maximum absolute atomic E-state index is 13.4. The van der Waals surface area contributed by atoms with Gasteiger partial charge in [0.25, 0.3) is 5.56 Å². The van der Waals surface area contributed by atoms with Gasteiger partial charge in [0.05, 0.1) is 33.6 Å². The predicted molar refractivity (Wildman–Crippen MR) is 139 cm³/mol. The van der Waals surface area contributed by atoms with Crippen molar-refractivity contribution >= 4 is 40.2 Å². The van der Waals surface area contributed by atoms with Crippen LogP contribution in [0.2, 0.25) is 0 Å². The Morgan fingerprint density at radius 2 is 1.71 bits per heavy atom. The summed E-state index contributed by atoms with van der Waals surface area (Å²) in [4.78, 5) is 42.2. The van der Waals surface area contributed by atoms with Crippen LogP contribution < -0.4 is 10.9 Å². The first kappa shape index (κ1) is 24.2. The van der Waals surface area contributed by atoms with Crippen molar-refractivity contribution in [1.29, 1.82) is 0 Å². The van der Waals surface area contributed by atoms with Crippen molar-refractivity contribution in [3.8, 4) is 5.69 Å². The highest BCUT2D eigenvalue weighted by atomic mass is 32.2. The molecule has 8 heteroatoms. The monoisotopic (exact) mass is 487 g/mol. The topological polar surface area (TPSA) is 101 Å². The number of rotatable bonds is 8. The molecule has 1 heterocycles. The molecule has 4 aromatic rings. The summed E-state index contributed by atoms with van der Waals surface area (Å²) >= 11 is 1.12. The van der Waals surface area contributed by atoms with Crippen LogP contribution in [0.1, 0.15) is 42.1 Å². The second-order valence-electron chi connectivity index (χ2n) is 8.14. The Labute approximate surface area is 206 Å². The number of hydrogen-bond acceptors (Lipinski definition) is 5. The molecule has 0 aliphatic heterocycles. The average Bonchev–Trinajstić information content (AvgIpc) is 2.87. The molecule has 3 aromatic carbocycles. The number of amides is 1. The lowest BCUT2D eigenvalue weighted by atomic mass is 9.98. The van der Waals surface area contributed by atoms with Crippen molar-refractivity contribution in [2.45, 2.75) is 31.3 Å². The van der Waals surface area contributed by atoms with E-state index in [0.717, 1.165) is 18.2 Å². The van der Waals surface area contributed by atoms with Crippen LogP contribution in [0.5, 0.6) is 0 Å². The van der Waals surface area contributed by atoms with Gasteiger partial charge in [-0.2, -0.15) is 0 Å². The summed E-state index contributed by atoms with van der Waals surface area (Å²) in [5.41, 5.74) is 2.40. The number of hydrogen-bond donors (Lipinski definition) is 2. The second-order valence-corrected chi connectivity index (χ2v) is 9.08. The third-order valence-corrected chi connectivity index (χ3v) is 6.78. The first-order valence-corrected chi connectivity index (χ1v) is 12.2. The van der Waals surface area contributed by atoms with E-state index in [2.05, 4.69) is 24.1 Å². The van der Waals surface area contributed by atoms with E-state index in [9.17, 15) is 19.5 Å². The Morgan fingerprint density at radius 3 is 2.43 bits per heavy atom. The van der Waals surface area contributed by atoms with Gasteiger partial charge in [-0.25, -0.2) is 9.78 Å². The molecule has 35 heavy (non-hydrogen) atoms. The summed E-state index contributed by atoms with van der Waals surface area (Å²) in [5.74, 6) is -1.17. The maximum atomic E-state index is 13.4. The van der Waals surface area contributed by atoms with E-state index >= 15 is 0 Å². The van der Waals surface area contributed by atoms with Gasteiger partial charge in [-0.3, -0.25) is 14.2 Å². The van der Waals surface area contributed by atoms with E-state index in [1.165, 1.54) is 22.3 Å². The van der Waals surface area contributed by atoms with Gasteiger partial charge in [-0.1, -0.05) is 62.0 Å². The fraction of sp³-hybridized carbons (Fsp3) is 0.185. The fourth-order valence-electron chi connectivity index (χ4n) is 3.72. The van der Waals surface area contributed by atoms with E-state index in [4.69, 9.17) is 0 Å². The zero-order valence-corrected chi connectivity index (χ0v) is 20.2. The number of benzene rings is 3. The highest BCUT2D eigenvalue weighted by Gasteiger charge is 2.17. The van der Waals surface area contributed by atoms with Crippen molar-refractivity contribution < 1.29 is 14.7 Å². The van der Waals surface area contributed by atoms with Gasteiger partial charge >= 0.3 is 5.97 Å². The van der Waals surface area contributed by atoms with Crippen molar-refractivity contribution in [2.75, 3.05) is 11.1 Å². The summed E-state index contributed by atoms with van der Waals surface area (Å²) in [7, 11) is 0. The molecule has 2 N–H and O–H groups in total. The van der Waals surface area contributed by atoms with Crippen LogP contribution in [0.4, 0.5) is 5.69 Å². The number of aromatic carboxylic acids is 1. The van der Waals surface area contributed by atoms with Crippen LogP contribution in [-0.4, -0.2) is 32.3 Å². The molecule has 0 radical (unpaired) electrons. The molecule has 7 nitrogen and oxygen atoms in total. The molecule has 0 spiro atoms. The summed E-state index contributed by atoms with van der Waals surface area (Å²) in [6.45, 7) is 4.28. The molecule has 178 valence electrons. The van der Waals surface area contributed by atoms with Gasteiger partial charge in [0, 0.05) is 0 Å². The first-order valence-electron chi connectivity index (χ1n) is 11.3. The van der Waals surface area contributed by atoms with Gasteiger partial charge in [-0.05, 0) is 54.3 Å². The smallest absolute Gasteiger partial charge is 0.337 e. The van der Waals surface area contributed by atoms with Crippen molar-refractivity contribution in [3.05, 3.63) is 94.3 Å². The molecular weight excluding hydrogens is 462 g/mol. The highest BCUT2D eigenvalue weighted by Crippen LogP contribution is 2.24. The van der Waals surface area contributed by atoms with E-state index in [1.807, 2.05) is 30.3 Å². The van der Waals surface area contributed by atoms with E-state index in [1.54, 1.807) is 30.3 Å². The van der Waals surface area contributed by atoms with Crippen LogP contribution in [0.25, 0.3) is 16.6 Å². The van der Waals surface area contributed by atoms with E-state index < -0.39 is 11.9 Å². The minimum absolute atomic E-state index is 0.00739. The molecule has 0 saturated carbocycles. The number of para-hydroxylation sites is 2. The number of carbonyl (C=O) groups is 2. The number of anilines is 1. The SMILES string of the molecule is CC[C@@H](C)c1ccc(-n2c(SCC(=O)Nc3ccccc3C(=O)O)nc3ccccc3c2=O)cc1. The van der Waals surface area contributed by atoms with E-state index in [-0.39, 0.29) is 22.6 Å². The Kier molecular flexibility index (Phi) is 7.31. The minimum atomic E-state index is -1.13. The Morgan fingerprint density at radius 1 is 1.03 bits per heavy atom. The maximum Gasteiger partial charge on any atom is 0.337 e. The predicted octanol–water partition coefficient (Wildman–Crippen LogP) is 5.33. The largest absolute Gasteiger partial charge is 0.478 e. The molecule has 0 saturated heterocycles. The van der Waals surface area contributed by atoms with E-state index in [0.29, 0.717) is 27.7 Å². The molecule has 1 aromatic heterocycles. The lowest BCUT2D eigenvalue weighted by molar-refractivity contribution is -0.113. The lowest BCUT2D eigenvalue weighted by Crippen LogP contribution is -2.23. The van der Waals surface area contributed by atoms with Crippen molar-refractivity contribution in [3.63, 3.8) is 0 Å². The Bertz CT molecular complexity index is 1450. The number of aromatic nitrogens is 2. The number of fused-ring (bicyclic) bond motifs is 1. The number of carboxylic acid groups (broad SMARTS) is 1. The molecule has 0 unspecified atom stereocenters. The van der Waals surface area contributed by atoms with Crippen molar-refractivity contribution in [2.24, 2.45) is 0 Å². The van der Waals surface area contributed by atoms with Crippen LogP contribution in [-0.2, 0) is 4.79 Å². The van der Waals surface area contributed by atoms with Crippen LogP contribution in [0.15, 0.2) is 82.7 Å². The Balaban J connectivity index is 1.66. The first-order chi connectivity index (χ1) is 16.9. The molecule has 0 aliphatic carbocycles. The van der Waals surface area contributed by atoms with Crippen LogP contribution in [0, 0.1) is 0 Å². The van der Waals surface area contributed by atoms with Gasteiger partial charge in [0.1, 0.15) is 0 Å². The molecular formula is C27H25N3O4S. The fourth-order valence-corrected chi connectivity index (χ4v) is 4.53. The van der Waals surface area contributed by atoms with Gasteiger partial charge in [-0.15, -0.1) is 0 Å². The normalized spacial score (nSPS) is 11.8. The average molecular weight is 488 g/mol.